The molecule has 0 aliphatic carbocycles. The number of nitrogens with one attached hydrogen (secondary N) is 1. The van der Waals surface area contributed by atoms with Crippen molar-refractivity contribution in [2.75, 3.05) is 5.75 Å². The third-order valence-electron chi connectivity index (χ3n) is 3.02. The number of H-pyrrole nitrogens is 1. The summed E-state index contributed by atoms with van der Waals surface area (Å²) in [6, 6.07) is 0. The van der Waals surface area contributed by atoms with Crippen LogP contribution in [0.4, 0.5) is 0 Å². The van der Waals surface area contributed by atoms with E-state index in [1.54, 1.807) is 4.57 Å². The molecule has 0 bridgehead atoms. The van der Waals surface area contributed by atoms with Crippen LogP contribution >= 0.6 is 11.8 Å². The number of nitrogens with zero attached hydrogens (tertiary/aromatic N) is 3. The van der Waals surface area contributed by atoms with E-state index in [2.05, 4.69) is 15.4 Å². The molecule has 0 radical (unpaired) electrons. The second kappa shape index (κ2) is 6.65. The largest absolute Gasteiger partial charge is 0.409 e. The molecule has 1 aromatic heterocycles. The summed E-state index contributed by atoms with van der Waals surface area (Å²) in [6.07, 6.45) is 1.69. The normalized spacial score (nSPS) is 12.9. The predicted octanol–water partition coefficient (Wildman–Crippen LogP) is 1.24. The molecule has 1 heterocycles. The summed E-state index contributed by atoms with van der Waals surface area (Å²) >= 11 is 1.53. The number of hydrogen-bond donors (Lipinski definition) is 3. The number of aromatic nitrogens is 3. The fourth-order valence-corrected chi connectivity index (χ4v) is 2.58. The van der Waals surface area contributed by atoms with Crippen molar-refractivity contribution in [2.24, 2.45) is 16.3 Å². The van der Waals surface area contributed by atoms with Crippen LogP contribution in [0, 0.1) is 5.41 Å². The molecule has 0 spiro atoms. The molecule has 1 rings (SSSR count). The van der Waals surface area contributed by atoms with Gasteiger partial charge in [0.05, 0.1) is 0 Å². The molecule has 8 heteroatoms. The van der Waals surface area contributed by atoms with E-state index in [1.807, 2.05) is 20.8 Å². The van der Waals surface area contributed by atoms with Crippen LogP contribution in [0.1, 0.15) is 33.6 Å². The molecular weight excluding hydrogens is 266 g/mol. The Labute approximate surface area is 116 Å². The van der Waals surface area contributed by atoms with Gasteiger partial charge in [-0.2, -0.15) is 0 Å². The van der Waals surface area contributed by atoms with Crippen LogP contribution in [0.15, 0.2) is 15.1 Å². The maximum Gasteiger partial charge on any atom is 0.343 e. The highest BCUT2D eigenvalue weighted by Crippen LogP contribution is 2.25. The van der Waals surface area contributed by atoms with Gasteiger partial charge >= 0.3 is 5.69 Å². The summed E-state index contributed by atoms with van der Waals surface area (Å²) in [5.41, 5.74) is 5.12. The Kier molecular flexibility index (Phi) is 5.46. The van der Waals surface area contributed by atoms with Crippen molar-refractivity contribution >= 4 is 17.6 Å². The summed E-state index contributed by atoms with van der Waals surface area (Å²) < 4.78 is 1.60. The molecule has 0 aromatic carbocycles. The van der Waals surface area contributed by atoms with Gasteiger partial charge < -0.3 is 10.9 Å². The molecule has 0 aliphatic heterocycles. The minimum atomic E-state index is -0.328. The quantitative estimate of drug-likeness (QED) is 0.174. The zero-order valence-electron chi connectivity index (χ0n) is 11.5. The van der Waals surface area contributed by atoms with Crippen molar-refractivity contribution in [3.8, 4) is 0 Å². The maximum atomic E-state index is 11.4. The first-order valence-electron chi connectivity index (χ1n) is 6.18. The van der Waals surface area contributed by atoms with Gasteiger partial charge in [-0.3, -0.25) is 4.57 Å². The van der Waals surface area contributed by atoms with Crippen molar-refractivity contribution in [3.63, 3.8) is 0 Å². The molecule has 0 unspecified atom stereocenters. The van der Waals surface area contributed by atoms with Crippen molar-refractivity contribution in [1.82, 2.24) is 14.8 Å². The van der Waals surface area contributed by atoms with E-state index in [-0.39, 0.29) is 16.9 Å². The fraction of sp³-hybridized carbons (Fsp3) is 0.727. The van der Waals surface area contributed by atoms with Crippen molar-refractivity contribution in [2.45, 2.75) is 45.3 Å². The predicted molar refractivity (Wildman–Crippen MR) is 75.7 cm³/mol. The van der Waals surface area contributed by atoms with E-state index in [1.165, 1.54) is 11.8 Å². The number of rotatable bonds is 7. The topological polar surface area (TPSA) is 109 Å². The van der Waals surface area contributed by atoms with Gasteiger partial charge in [0, 0.05) is 17.7 Å². The van der Waals surface area contributed by atoms with E-state index in [9.17, 15) is 4.79 Å². The minimum Gasteiger partial charge on any atom is -0.409 e. The Morgan fingerprint density at radius 2 is 2.32 bits per heavy atom. The summed E-state index contributed by atoms with van der Waals surface area (Å²) in [5, 5.41) is 18.8. The molecule has 4 N–H and O–H groups in total. The highest BCUT2D eigenvalue weighted by atomic mass is 32.2. The monoisotopic (exact) mass is 287 g/mol. The Hall–Kier alpha value is -1.44. The van der Waals surface area contributed by atoms with Gasteiger partial charge in [0.1, 0.15) is 5.84 Å². The second-order valence-corrected chi connectivity index (χ2v) is 5.94. The van der Waals surface area contributed by atoms with E-state index >= 15 is 0 Å². The molecule has 0 aliphatic rings. The summed E-state index contributed by atoms with van der Waals surface area (Å²) in [7, 11) is 0. The Morgan fingerprint density at radius 1 is 1.63 bits per heavy atom. The zero-order valence-corrected chi connectivity index (χ0v) is 12.3. The van der Waals surface area contributed by atoms with Crippen LogP contribution in [0.5, 0.6) is 0 Å². The van der Waals surface area contributed by atoms with E-state index in [0.29, 0.717) is 11.7 Å². The molecule has 0 saturated carbocycles. The van der Waals surface area contributed by atoms with Crippen LogP contribution in [0.2, 0.25) is 0 Å². The van der Waals surface area contributed by atoms with Gasteiger partial charge in [0.25, 0.3) is 0 Å². The average Bonchev–Trinajstić information content (AvgIpc) is 2.74. The second-order valence-electron chi connectivity index (χ2n) is 4.88. The smallest absolute Gasteiger partial charge is 0.343 e. The van der Waals surface area contributed by atoms with Crippen LogP contribution in [0.25, 0.3) is 0 Å². The standard InChI is InChI=1S/C11H21N5O2S/c1-4-16-9(17)13-14-10(16)19-7-5-6-11(2,3)8(12)15-18/h18H,4-7H2,1-3H3,(H2,12,15)(H,13,17). The molecule has 0 amide bonds. The van der Waals surface area contributed by atoms with Gasteiger partial charge in [0.15, 0.2) is 5.16 Å². The first kappa shape index (κ1) is 15.6. The molecule has 0 atom stereocenters. The van der Waals surface area contributed by atoms with Gasteiger partial charge in [0.2, 0.25) is 0 Å². The van der Waals surface area contributed by atoms with Gasteiger partial charge in [-0.25, -0.2) is 9.89 Å². The van der Waals surface area contributed by atoms with Crippen LogP contribution < -0.4 is 11.4 Å². The maximum absolute atomic E-state index is 11.4. The van der Waals surface area contributed by atoms with Crippen LogP contribution in [-0.4, -0.2) is 31.6 Å². The number of amidine groups is 1. The van der Waals surface area contributed by atoms with Gasteiger partial charge in [-0.15, -0.1) is 5.10 Å². The van der Waals surface area contributed by atoms with Gasteiger partial charge in [-0.1, -0.05) is 30.8 Å². The lowest BCUT2D eigenvalue weighted by Crippen LogP contribution is -2.31. The molecule has 7 nitrogen and oxygen atoms in total. The van der Waals surface area contributed by atoms with Crippen LogP contribution in [-0.2, 0) is 6.54 Å². The fourth-order valence-electron chi connectivity index (χ4n) is 1.63. The van der Waals surface area contributed by atoms with Gasteiger partial charge in [-0.05, 0) is 19.8 Å². The first-order valence-corrected chi connectivity index (χ1v) is 7.17. The molecule has 0 saturated heterocycles. The minimum absolute atomic E-state index is 0.179. The highest BCUT2D eigenvalue weighted by molar-refractivity contribution is 7.99. The molecule has 1 aromatic rings. The molecular formula is C11H21N5O2S. The van der Waals surface area contributed by atoms with Crippen molar-refractivity contribution in [1.29, 1.82) is 0 Å². The van der Waals surface area contributed by atoms with Crippen molar-refractivity contribution in [3.05, 3.63) is 10.5 Å². The Morgan fingerprint density at radius 3 is 2.89 bits per heavy atom. The van der Waals surface area contributed by atoms with E-state index < -0.39 is 0 Å². The van der Waals surface area contributed by atoms with Crippen LogP contribution in [0.3, 0.4) is 0 Å². The number of thioether (sulfide) groups is 1. The summed E-state index contributed by atoms with van der Waals surface area (Å²) in [6.45, 7) is 6.38. The number of oxime groups is 1. The third kappa shape index (κ3) is 4.02. The Bertz CT molecular complexity index is 492. The lowest BCUT2D eigenvalue weighted by atomic mass is 9.87. The molecule has 19 heavy (non-hydrogen) atoms. The first-order chi connectivity index (χ1) is 8.92. The number of hydrogen-bond acceptors (Lipinski definition) is 5. The summed E-state index contributed by atoms with van der Waals surface area (Å²) in [5.74, 6) is 1.06. The highest BCUT2D eigenvalue weighted by Gasteiger charge is 2.23. The van der Waals surface area contributed by atoms with Crippen molar-refractivity contribution < 1.29 is 5.21 Å². The summed E-state index contributed by atoms with van der Waals surface area (Å²) in [4.78, 5) is 11.4. The number of aromatic amines is 1. The Balaban J connectivity index is 2.45. The average molecular weight is 287 g/mol. The third-order valence-corrected chi connectivity index (χ3v) is 4.08. The SMILES string of the molecule is CCn1c(SCCCC(C)(C)C(N)=NO)n[nH]c1=O. The lowest BCUT2D eigenvalue weighted by molar-refractivity contribution is 0.305. The molecule has 108 valence electrons. The number of nitrogens with two attached hydrogens (primary N) is 1. The van der Waals surface area contributed by atoms with E-state index in [0.717, 1.165) is 18.6 Å². The zero-order chi connectivity index (χ0) is 14.5. The lowest BCUT2D eigenvalue weighted by Gasteiger charge is -2.22. The molecule has 0 fully saturated rings. The van der Waals surface area contributed by atoms with E-state index in [4.69, 9.17) is 10.9 Å².